The molecule has 6 heteroatoms. The first-order chi connectivity index (χ1) is 15.1. The zero-order valence-electron chi connectivity index (χ0n) is 17.7. The number of aryl methyl sites for hydroxylation is 1. The Balaban J connectivity index is 1.75. The quantitative estimate of drug-likeness (QED) is 0.437. The first-order valence-corrected chi connectivity index (χ1v) is 11.1. The number of carbonyl (C=O) groups is 2. The topological polar surface area (TPSA) is 67.4 Å². The molecule has 0 spiro atoms. The van der Waals surface area contributed by atoms with E-state index in [0.717, 1.165) is 24.1 Å². The standard InChI is InChI=1S/C25H26N2O3S/c1-3-4-6-18-8-12-20(13-9-18)26-25(29)23(17-22-7-5-16-31-22)27-24(28)19-10-14-21(30-2)15-11-19/h5,7-17H,3-4,6H2,1-2H3,(H,26,29)(H,27,28)/b23-17-. The smallest absolute Gasteiger partial charge is 0.272 e. The summed E-state index contributed by atoms with van der Waals surface area (Å²) in [5.74, 6) is -0.0851. The number of ether oxygens (including phenoxy) is 1. The van der Waals surface area contributed by atoms with E-state index in [-0.39, 0.29) is 17.5 Å². The van der Waals surface area contributed by atoms with Crippen molar-refractivity contribution in [3.8, 4) is 5.75 Å². The molecule has 5 nitrogen and oxygen atoms in total. The number of carbonyl (C=O) groups excluding carboxylic acids is 2. The number of hydrogen-bond donors (Lipinski definition) is 2. The number of nitrogens with one attached hydrogen (secondary N) is 2. The summed E-state index contributed by atoms with van der Waals surface area (Å²) in [6, 6.07) is 18.3. The van der Waals surface area contributed by atoms with E-state index in [0.29, 0.717) is 17.0 Å². The average molecular weight is 435 g/mol. The van der Waals surface area contributed by atoms with Gasteiger partial charge in [-0.25, -0.2) is 0 Å². The van der Waals surface area contributed by atoms with E-state index in [1.807, 2.05) is 41.8 Å². The normalized spacial score (nSPS) is 11.1. The van der Waals surface area contributed by atoms with Crippen LogP contribution in [0.15, 0.2) is 71.7 Å². The maximum atomic E-state index is 13.0. The lowest BCUT2D eigenvalue weighted by atomic mass is 10.1. The number of hydrogen-bond acceptors (Lipinski definition) is 4. The van der Waals surface area contributed by atoms with Gasteiger partial charge in [-0.15, -0.1) is 11.3 Å². The van der Waals surface area contributed by atoms with E-state index < -0.39 is 0 Å². The van der Waals surface area contributed by atoms with Crippen LogP contribution in [0.3, 0.4) is 0 Å². The van der Waals surface area contributed by atoms with Crippen molar-refractivity contribution in [3.05, 3.63) is 87.7 Å². The Kier molecular flexibility index (Phi) is 8.01. The van der Waals surface area contributed by atoms with Crippen molar-refractivity contribution < 1.29 is 14.3 Å². The molecule has 0 saturated carbocycles. The Hall–Kier alpha value is -3.38. The molecule has 2 aromatic carbocycles. The second kappa shape index (κ2) is 11.1. The number of amides is 2. The van der Waals surface area contributed by atoms with E-state index in [1.54, 1.807) is 37.5 Å². The van der Waals surface area contributed by atoms with Crippen molar-refractivity contribution >= 4 is 34.9 Å². The molecule has 0 saturated heterocycles. The van der Waals surface area contributed by atoms with Gasteiger partial charge in [0, 0.05) is 16.1 Å². The molecular weight excluding hydrogens is 408 g/mol. The molecule has 0 radical (unpaired) electrons. The van der Waals surface area contributed by atoms with Gasteiger partial charge >= 0.3 is 0 Å². The Bertz CT molecular complexity index is 1020. The van der Waals surface area contributed by atoms with Gasteiger partial charge in [0.15, 0.2) is 0 Å². The van der Waals surface area contributed by atoms with Crippen molar-refractivity contribution in [2.24, 2.45) is 0 Å². The van der Waals surface area contributed by atoms with Gasteiger partial charge in [-0.2, -0.15) is 0 Å². The third kappa shape index (κ3) is 6.55. The third-order valence-corrected chi connectivity index (χ3v) is 5.52. The second-order valence-corrected chi connectivity index (χ2v) is 7.99. The van der Waals surface area contributed by atoms with Crippen molar-refractivity contribution in [3.63, 3.8) is 0 Å². The van der Waals surface area contributed by atoms with Gasteiger partial charge in [-0.05, 0) is 72.3 Å². The van der Waals surface area contributed by atoms with Gasteiger partial charge in [0.1, 0.15) is 11.4 Å². The molecule has 0 aliphatic rings. The summed E-state index contributed by atoms with van der Waals surface area (Å²) in [5.41, 5.74) is 2.53. The van der Waals surface area contributed by atoms with E-state index in [4.69, 9.17) is 4.74 Å². The Labute approximate surface area is 186 Å². The van der Waals surface area contributed by atoms with Gasteiger partial charge in [0.25, 0.3) is 11.8 Å². The molecule has 31 heavy (non-hydrogen) atoms. The minimum Gasteiger partial charge on any atom is -0.497 e. The molecule has 0 bridgehead atoms. The summed E-state index contributed by atoms with van der Waals surface area (Å²) in [6.07, 6.45) is 4.98. The number of methoxy groups -OCH3 is 1. The maximum absolute atomic E-state index is 13.0. The highest BCUT2D eigenvalue weighted by atomic mass is 32.1. The van der Waals surface area contributed by atoms with E-state index in [1.165, 1.54) is 16.9 Å². The summed E-state index contributed by atoms with van der Waals surface area (Å²) in [6.45, 7) is 2.16. The second-order valence-electron chi connectivity index (χ2n) is 7.01. The van der Waals surface area contributed by atoms with Crippen LogP contribution in [-0.4, -0.2) is 18.9 Å². The van der Waals surface area contributed by atoms with Crippen LogP contribution in [0.1, 0.15) is 40.6 Å². The van der Waals surface area contributed by atoms with Crippen LogP contribution in [-0.2, 0) is 11.2 Å². The third-order valence-electron chi connectivity index (χ3n) is 4.71. The molecule has 0 fully saturated rings. The molecule has 160 valence electrons. The Morgan fingerprint density at radius 3 is 2.39 bits per heavy atom. The first-order valence-electron chi connectivity index (χ1n) is 10.2. The van der Waals surface area contributed by atoms with Crippen LogP contribution < -0.4 is 15.4 Å². The first kappa shape index (κ1) is 22.3. The molecule has 0 aliphatic heterocycles. The fourth-order valence-electron chi connectivity index (χ4n) is 2.94. The van der Waals surface area contributed by atoms with Crippen LogP contribution >= 0.6 is 11.3 Å². The summed E-state index contributed by atoms with van der Waals surface area (Å²) >= 11 is 1.49. The number of unbranched alkanes of at least 4 members (excludes halogenated alkanes) is 1. The Morgan fingerprint density at radius 1 is 1.03 bits per heavy atom. The fraction of sp³-hybridized carbons (Fsp3) is 0.200. The zero-order valence-corrected chi connectivity index (χ0v) is 18.5. The molecular formula is C25H26N2O3S. The van der Waals surface area contributed by atoms with Gasteiger partial charge in [0.2, 0.25) is 0 Å². The van der Waals surface area contributed by atoms with E-state index in [9.17, 15) is 9.59 Å². The van der Waals surface area contributed by atoms with Gasteiger partial charge in [0.05, 0.1) is 7.11 Å². The highest BCUT2D eigenvalue weighted by molar-refractivity contribution is 7.10. The molecule has 3 rings (SSSR count). The molecule has 0 aliphatic carbocycles. The predicted octanol–water partition coefficient (Wildman–Crippen LogP) is 5.51. The number of rotatable bonds is 9. The lowest BCUT2D eigenvalue weighted by molar-refractivity contribution is -0.113. The number of anilines is 1. The van der Waals surface area contributed by atoms with Crippen LogP contribution in [0, 0.1) is 0 Å². The minimum absolute atomic E-state index is 0.179. The number of thiophene rings is 1. The fourth-order valence-corrected chi connectivity index (χ4v) is 3.60. The largest absolute Gasteiger partial charge is 0.497 e. The summed E-state index contributed by atoms with van der Waals surface area (Å²) < 4.78 is 5.13. The molecule has 1 aromatic heterocycles. The van der Waals surface area contributed by atoms with Crippen molar-refractivity contribution in [2.45, 2.75) is 26.2 Å². The number of benzene rings is 2. The lowest BCUT2D eigenvalue weighted by Crippen LogP contribution is -2.30. The summed E-state index contributed by atoms with van der Waals surface area (Å²) in [5, 5.41) is 7.54. The van der Waals surface area contributed by atoms with Crippen LogP contribution in [0.5, 0.6) is 5.75 Å². The van der Waals surface area contributed by atoms with Gasteiger partial charge < -0.3 is 15.4 Å². The highest BCUT2D eigenvalue weighted by Gasteiger charge is 2.15. The highest BCUT2D eigenvalue weighted by Crippen LogP contribution is 2.17. The molecule has 3 aromatic rings. The zero-order chi connectivity index (χ0) is 22.1. The molecule has 0 unspecified atom stereocenters. The lowest BCUT2D eigenvalue weighted by Gasteiger charge is -2.12. The molecule has 2 N–H and O–H groups in total. The van der Waals surface area contributed by atoms with Gasteiger partial charge in [-0.1, -0.05) is 31.5 Å². The van der Waals surface area contributed by atoms with Crippen LogP contribution in [0.4, 0.5) is 5.69 Å². The predicted molar refractivity (Wildman–Crippen MR) is 126 cm³/mol. The summed E-state index contributed by atoms with van der Waals surface area (Å²) in [7, 11) is 1.57. The monoisotopic (exact) mass is 434 g/mol. The van der Waals surface area contributed by atoms with Crippen molar-refractivity contribution in [1.29, 1.82) is 0 Å². The van der Waals surface area contributed by atoms with Crippen LogP contribution in [0.2, 0.25) is 0 Å². The SMILES string of the molecule is CCCCc1ccc(NC(=O)/C(=C/c2cccs2)NC(=O)c2ccc(OC)cc2)cc1. The molecule has 0 atom stereocenters. The van der Waals surface area contributed by atoms with E-state index >= 15 is 0 Å². The van der Waals surface area contributed by atoms with E-state index in [2.05, 4.69) is 17.6 Å². The Morgan fingerprint density at radius 2 is 1.77 bits per heavy atom. The van der Waals surface area contributed by atoms with Gasteiger partial charge in [-0.3, -0.25) is 9.59 Å². The molecule has 1 heterocycles. The van der Waals surface area contributed by atoms with Crippen molar-refractivity contribution in [1.82, 2.24) is 5.32 Å². The van der Waals surface area contributed by atoms with Crippen molar-refractivity contribution in [2.75, 3.05) is 12.4 Å². The minimum atomic E-state index is -0.378. The van der Waals surface area contributed by atoms with Crippen LogP contribution in [0.25, 0.3) is 6.08 Å². The molecule has 2 amide bonds. The summed E-state index contributed by atoms with van der Waals surface area (Å²) in [4.78, 5) is 26.5. The average Bonchev–Trinajstić information content (AvgIpc) is 3.31. The maximum Gasteiger partial charge on any atom is 0.272 e.